The van der Waals surface area contributed by atoms with Crippen LogP contribution in [0.2, 0.25) is 0 Å². The van der Waals surface area contributed by atoms with Crippen LogP contribution in [-0.4, -0.2) is 11.1 Å². The summed E-state index contributed by atoms with van der Waals surface area (Å²) in [5, 5.41) is 6.46. The fourth-order valence-corrected chi connectivity index (χ4v) is 2.53. The second kappa shape index (κ2) is 7.03. The highest BCUT2D eigenvalue weighted by Crippen LogP contribution is 2.31. The first kappa shape index (κ1) is 17.7. The van der Waals surface area contributed by atoms with Gasteiger partial charge in [-0.3, -0.25) is 4.79 Å². The van der Waals surface area contributed by atoms with Crippen molar-refractivity contribution in [2.75, 3.05) is 0 Å². The number of hydrogen-bond donors (Lipinski definition) is 1. The topological polar surface area (TPSA) is 55.1 Å². The molecule has 1 aromatic heterocycles. The van der Waals surface area contributed by atoms with Crippen molar-refractivity contribution >= 4 is 5.91 Å². The third kappa shape index (κ3) is 3.93. The van der Waals surface area contributed by atoms with Gasteiger partial charge in [0.05, 0.1) is 17.8 Å². The van der Waals surface area contributed by atoms with Gasteiger partial charge < -0.3 is 9.84 Å². The van der Waals surface area contributed by atoms with Gasteiger partial charge in [-0.15, -0.1) is 0 Å². The van der Waals surface area contributed by atoms with Crippen molar-refractivity contribution in [2.45, 2.75) is 19.6 Å². The molecule has 3 rings (SSSR count). The number of nitrogens with one attached hydrogen (secondary N) is 1. The number of carbonyl (C=O) groups is 1. The molecule has 0 saturated carbocycles. The van der Waals surface area contributed by atoms with E-state index in [1.54, 1.807) is 37.3 Å². The van der Waals surface area contributed by atoms with E-state index >= 15 is 0 Å². The minimum absolute atomic E-state index is 0.168. The second-order valence-electron chi connectivity index (χ2n) is 5.74. The van der Waals surface area contributed by atoms with Gasteiger partial charge in [-0.05, 0) is 36.2 Å². The van der Waals surface area contributed by atoms with E-state index in [9.17, 15) is 18.0 Å². The van der Waals surface area contributed by atoms with E-state index in [2.05, 4.69) is 10.5 Å². The molecule has 0 radical (unpaired) electrons. The summed E-state index contributed by atoms with van der Waals surface area (Å²) >= 11 is 0. The van der Waals surface area contributed by atoms with Crippen LogP contribution in [0.25, 0.3) is 11.1 Å². The largest absolute Gasteiger partial charge is 0.416 e. The molecule has 0 saturated heterocycles. The number of alkyl halides is 3. The van der Waals surface area contributed by atoms with Crippen LogP contribution in [0.4, 0.5) is 13.2 Å². The Hall–Kier alpha value is -3.09. The number of benzene rings is 2. The molecule has 0 fully saturated rings. The summed E-state index contributed by atoms with van der Waals surface area (Å²) in [7, 11) is 0. The zero-order valence-corrected chi connectivity index (χ0v) is 13.8. The molecule has 1 heterocycles. The maximum absolute atomic E-state index is 12.7. The van der Waals surface area contributed by atoms with Gasteiger partial charge in [0.2, 0.25) is 0 Å². The average Bonchev–Trinajstić information content (AvgIpc) is 3.04. The Balaban J connectivity index is 1.82. The number of halogens is 3. The summed E-state index contributed by atoms with van der Waals surface area (Å²) < 4.78 is 43.2. The first-order valence-corrected chi connectivity index (χ1v) is 7.81. The Labute approximate surface area is 147 Å². The monoisotopic (exact) mass is 360 g/mol. The van der Waals surface area contributed by atoms with E-state index in [1.807, 2.05) is 0 Å². The molecule has 0 atom stereocenters. The molecule has 0 unspecified atom stereocenters. The summed E-state index contributed by atoms with van der Waals surface area (Å²) in [6.45, 7) is 1.94. The van der Waals surface area contributed by atoms with Crippen LogP contribution in [0, 0.1) is 6.92 Å². The van der Waals surface area contributed by atoms with Crippen LogP contribution in [0.3, 0.4) is 0 Å². The van der Waals surface area contributed by atoms with Crippen molar-refractivity contribution in [1.82, 2.24) is 10.5 Å². The fourth-order valence-electron chi connectivity index (χ4n) is 2.53. The highest BCUT2D eigenvalue weighted by Gasteiger charge is 2.30. The maximum atomic E-state index is 12.7. The number of rotatable bonds is 4. The Kier molecular flexibility index (Phi) is 4.79. The van der Waals surface area contributed by atoms with Crippen LogP contribution >= 0.6 is 0 Å². The SMILES string of the molecule is Cc1cc(CNC(=O)c2ccccc2-c2ccc(C(F)(F)F)cc2)on1. The first-order valence-electron chi connectivity index (χ1n) is 7.81. The highest BCUT2D eigenvalue weighted by molar-refractivity contribution is 6.00. The summed E-state index contributed by atoms with van der Waals surface area (Å²) in [5.41, 5.74) is 1.42. The molecule has 1 N–H and O–H groups in total. The third-order valence-corrected chi connectivity index (χ3v) is 3.79. The minimum Gasteiger partial charge on any atom is -0.359 e. The molecule has 0 spiro atoms. The predicted octanol–water partition coefficient (Wildman–Crippen LogP) is 4.60. The van der Waals surface area contributed by atoms with Crippen molar-refractivity contribution in [1.29, 1.82) is 0 Å². The zero-order valence-electron chi connectivity index (χ0n) is 13.8. The van der Waals surface area contributed by atoms with Gasteiger partial charge in [-0.25, -0.2) is 0 Å². The Bertz CT molecular complexity index is 915. The third-order valence-electron chi connectivity index (χ3n) is 3.79. The van der Waals surface area contributed by atoms with Gasteiger partial charge in [0.25, 0.3) is 5.91 Å². The molecular formula is C19H15F3N2O2. The van der Waals surface area contributed by atoms with Crippen molar-refractivity contribution in [2.24, 2.45) is 0 Å². The molecule has 0 aliphatic rings. The molecule has 26 heavy (non-hydrogen) atoms. The van der Waals surface area contributed by atoms with E-state index in [1.165, 1.54) is 12.1 Å². The second-order valence-corrected chi connectivity index (χ2v) is 5.74. The number of aromatic nitrogens is 1. The Morgan fingerprint density at radius 2 is 1.81 bits per heavy atom. The minimum atomic E-state index is -4.40. The van der Waals surface area contributed by atoms with E-state index in [-0.39, 0.29) is 12.5 Å². The number of nitrogens with zero attached hydrogens (tertiary/aromatic N) is 1. The standard InChI is InChI=1S/C19H15F3N2O2/c1-12-10-15(26-24-12)11-23-18(25)17-5-3-2-4-16(17)13-6-8-14(9-7-13)19(20,21)22/h2-10H,11H2,1H3,(H,23,25). The van der Waals surface area contributed by atoms with E-state index < -0.39 is 11.7 Å². The van der Waals surface area contributed by atoms with Gasteiger partial charge >= 0.3 is 6.18 Å². The normalized spacial score (nSPS) is 11.4. The number of aryl methyl sites for hydroxylation is 1. The molecule has 1 amide bonds. The van der Waals surface area contributed by atoms with Gasteiger partial charge in [-0.1, -0.05) is 35.5 Å². The lowest BCUT2D eigenvalue weighted by atomic mass is 9.98. The number of hydrogen-bond acceptors (Lipinski definition) is 3. The molecule has 4 nitrogen and oxygen atoms in total. The summed E-state index contributed by atoms with van der Waals surface area (Å²) in [4.78, 5) is 12.5. The average molecular weight is 360 g/mol. The molecule has 3 aromatic rings. The molecular weight excluding hydrogens is 345 g/mol. The number of carbonyl (C=O) groups excluding carboxylic acids is 1. The lowest BCUT2D eigenvalue weighted by molar-refractivity contribution is -0.137. The molecule has 0 bridgehead atoms. The van der Waals surface area contributed by atoms with Gasteiger partial charge in [0, 0.05) is 11.6 Å². The molecule has 2 aromatic carbocycles. The van der Waals surface area contributed by atoms with Gasteiger partial charge in [-0.2, -0.15) is 13.2 Å². The molecule has 7 heteroatoms. The lowest BCUT2D eigenvalue weighted by Crippen LogP contribution is -2.23. The van der Waals surface area contributed by atoms with E-state index in [4.69, 9.17) is 4.52 Å². The maximum Gasteiger partial charge on any atom is 0.416 e. The van der Waals surface area contributed by atoms with Crippen molar-refractivity contribution < 1.29 is 22.5 Å². The van der Waals surface area contributed by atoms with Gasteiger partial charge in [0.15, 0.2) is 5.76 Å². The number of amides is 1. The summed E-state index contributed by atoms with van der Waals surface area (Å²) in [6, 6.07) is 13.2. The quantitative estimate of drug-likeness (QED) is 0.740. The smallest absolute Gasteiger partial charge is 0.359 e. The van der Waals surface area contributed by atoms with Crippen molar-refractivity contribution in [3.8, 4) is 11.1 Å². The van der Waals surface area contributed by atoms with Crippen LogP contribution in [-0.2, 0) is 12.7 Å². The Morgan fingerprint density at radius 1 is 1.12 bits per heavy atom. The van der Waals surface area contributed by atoms with Gasteiger partial charge in [0.1, 0.15) is 0 Å². The highest BCUT2D eigenvalue weighted by atomic mass is 19.4. The zero-order chi connectivity index (χ0) is 18.7. The van der Waals surface area contributed by atoms with E-state index in [0.717, 1.165) is 12.1 Å². The molecule has 0 aliphatic heterocycles. The van der Waals surface area contributed by atoms with Crippen molar-refractivity contribution in [3.05, 3.63) is 77.2 Å². The van der Waals surface area contributed by atoms with E-state index in [0.29, 0.717) is 28.1 Å². The van der Waals surface area contributed by atoms with Crippen LogP contribution < -0.4 is 5.32 Å². The molecule has 0 aliphatic carbocycles. The summed E-state index contributed by atoms with van der Waals surface area (Å²) in [5.74, 6) is 0.164. The van der Waals surface area contributed by atoms with Crippen LogP contribution in [0.15, 0.2) is 59.1 Å². The molecule has 134 valence electrons. The summed E-state index contributed by atoms with van der Waals surface area (Å²) in [6.07, 6.45) is -4.40. The first-order chi connectivity index (χ1) is 12.3. The Morgan fingerprint density at radius 3 is 2.42 bits per heavy atom. The van der Waals surface area contributed by atoms with Crippen molar-refractivity contribution in [3.63, 3.8) is 0 Å². The van der Waals surface area contributed by atoms with Crippen LogP contribution in [0.1, 0.15) is 27.4 Å². The fraction of sp³-hybridized carbons (Fsp3) is 0.158. The lowest BCUT2D eigenvalue weighted by Gasteiger charge is -2.11. The van der Waals surface area contributed by atoms with Crippen LogP contribution in [0.5, 0.6) is 0 Å². The predicted molar refractivity (Wildman–Crippen MR) is 89.3 cm³/mol.